The van der Waals surface area contributed by atoms with E-state index in [-0.39, 0.29) is 35.9 Å². The van der Waals surface area contributed by atoms with Gasteiger partial charge in [-0.3, -0.25) is 20.3 Å². The van der Waals surface area contributed by atoms with Gasteiger partial charge in [0.25, 0.3) is 0 Å². The van der Waals surface area contributed by atoms with Gasteiger partial charge in [-0.05, 0) is 33.1 Å². The molecule has 2 N–H and O–H groups in total. The Morgan fingerprint density at radius 1 is 0.857 bits per heavy atom. The molecule has 0 spiro atoms. The first-order valence-corrected chi connectivity index (χ1v) is 11.8. The number of hydrogen-bond acceptors (Lipinski definition) is 4. The number of imide groups is 1. The molecule has 3 unspecified atom stereocenters. The number of amides is 2. The highest BCUT2D eigenvalue weighted by Gasteiger charge is 2.44. The zero-order valence-electron chi connectivity index (χ0n) is 18.5. The molecule has 2 heterocycles. The Kier molecular flexibility index (Phi) is 9.93. The second-order valence-corrected chi connectivity index (χ2v) is 9.24. The van der Waals surface area contributed by atoms with Crippen molar-refractivity contribution in [1.82, 2.24) is 9.91 Å². The number of piperidine rings is 1. The molecule has 2 fully saturated rings. The predicted octanol–water partition coefficient (Wildman–Crippen LogP) is 4.79. The van der Waals surface area contributed by atoms with Gasteiger partial charge in [-0.1, -0.05) is 71.1 Å². The van der Waals surface area contributed by atoms with Crippen molar-refractivity contribution in [1.29, 1.82) is 0 Å². The van der Waals surface area contributed by atoms with Crippen molar-refractivity contribution in [3.63, 3.8) is 0 Å². The standard InChI is InChI=1S/C23H43N3O2/c1-4-5-6-7-8-9-10-11-12-13-14-20-17-22(27)25(23(20)28)21-15-18(2)26(24)19(3)16-21/h18-21H,4-17,24H2,1-3H3. The topological polar surface area (TPSA) is 66.6 Å². The van der Waals surface area contributed by atoms with Crippen LogP contribution >= 0.6 is 0 Å². The average Bonchev–Trinajstić information content (AvgIpc) is 2.94. The van der Waals surface area contributed by atoms with Gasteiger partial charge in [0.1, 0.15) is 0 Å². The first kappa shape index (κ1) is 23.3. The SMILES string of the molecule is CCCCCCCCCCCCC1CC(=O)N(C2CC(C)N(N)C(C)C2)C1=O. The molecule has 0 aromatic rings. The summed E-state index contributed by atoms with van der Waals surface area (Å²) in [5.74, 6) is 6.11. The zero-order chi connectivity index (χ0) is 20.5. The lowest BCUT2D eigenvalue weighted by molar-refractivity contribution is -0.144. The van der Waals surface area contributed by atoms with Crippen LogP contribution in [0.4, 0.5) is 0 Å². The van der Waals surface area contributed by atoms with Gasteiger partial charge in [0.15, 0.2) is 0 Å². The lowest BCUT2D eigenvalue weighted by atomic mass is 9.93. The lowest BCUT2D eigenvalue weighted by Gasteiger charge is -2.42. The fraction of sp³-hybridized carbons (Fsp3) is 0.913. The van der Waals surface area contributed by atoms with Gasteiger partial charge in [0, 0.05) is 30.5 Å². The molecule has 162 valence electrons. The third kappa shape index (κ3) is 6.55. The van der Waals surface area contributed by atoms with E-state index in [0.29, 0.717) is 6.42 Å². The van der Waals surface area contributed by atoms with Crippen LogP contribution in [0.3, 0.4) is 0 Å². The van der Waals surface area contributed by atoms with E-state index in [1.807, 2.05) is 5.01 Å². The zero-order valence-corrected chi connectivity index (χ0v) is 18.5. The van der Waals surface area contributed by atoms with Crippen LogP contribution in [0, 0.1) is 5.92 Å². The highest BCUT2D eigenvalue weighted by Crippen LogP contribution is 2.32. The summed E-state index contributed by atoms with van der Waals surface area (Å²) < 4.78 is 0. The van der Waals surface area contributed by atoms with E-state index in [4.69, 9.17) is 5.84 Å². The van der Waals surface area contributed by atoms with E-state index in [2.05, 4.69) is 20.8 Å². The van der Waals surface area contributed by atoms with E-state index < -0.39 is 0 Å². The quantitative estimate of drug-likeness (QED) is 0.294. The minimum absolute atomic E-state index is 0.0301. The minimum Gasteiger partial charge on any atom is -0.279 e. The van der Waals surface area contributed by atoms with Crippen molar-refractivity contribution in [2.75, 3.05) is 0 Å². The fourth-order valence-corrected chi connectivity index (χ4v) is 4.98. The molecule has 2 rings (SSSR count). The molecule has 0 bridgehead atoms. The van der Waals surface area contributed by atoms with Gasteiger partial charge in [0.05, 0.1) is 0 Å². The Bertz CT molecular complexity index is 484. The number of hydrazine groups is 1. The van der Waals surface area contributed by atoms with Crippen molar-refractivity contribution in [2.45, 2.75) is 129 Å². The van der Waals surface area contributed by atoms with Crippen LogP contribution in [-0.2, 0) is 9.59 Å². The third-order valence-corrected chi connectivity index (χ3v) is 6.79. The highest BCUT2D eigenvalue weighted by molar-refractivity contribution is 6.03. The number of nitrogens with zero attached hydrogens (tertiary/aromatic N) is 2. The lowest BCUT2D eigenvalue weighted by Crippen LogP contribution is -2.56. The van der Waals surface area contributed by atoms with E-state index in [1.165, 1.54) is 57.8 Å². The summed E-state index contributed by atoms with van der Waals surface area (Å²) in [5.41, 5.74) is 0. The largest absolute Gasteiger partial charge is 0.279 e. The Morgan fingerprint density at radius 3 is 1.89 bits per heavy atom. The first-order valence-electron chi connectivity index (χ1n) is 11.8. The van der Waals surface area contributed by atoms with Gasteiger partial charge in [0.2, 0.25) is 11.8 Å². The molecule has 2 aliphatic heterocycles. The average molecular weight is 394 g/mol. The summed E-state index contributed by atoms with van der Waals surface area (Å²) in [6.45, 7) is 6.41. The number of carbonyl (C=O) groups excluding carboxylic acids is 2. The van der Waals surface area contributed by atoms with Crippen molar-refractivity contribution in [2.24, 2.45) is 11.8 Å². The van der Waals surface area contributed by atoms with Gasteiger partial charge >= 0.3 is 0 Å². The summed E-state index contributed by atoms with van der Waals surface area (Å²) in [7, 11) is 0. The molecule has 0 aliphatic carbocycles. The van der Waals surface area contributed by atoms with Crippen LogP contribution in [0.2, 0.25) is 0 Å². The van der Waals surface area contributed by atoms with Crippen molar-refractivity contribution < 1.29 is 9.59 Å². The highest BCUT2D eigenvalue weighted by atomic mass is 16.2. The Morgan fingerprint density at radius 2 is 1.36 bits per heavy atom. The summed E-state index contributed by atoms with van der Waals surface area (Å²) in [6.07, 6.45) is 15.9. The van der Waals surface area contributed by atoms with Gasteiger partial charge in [-0.15, -0.1) is 0 Å². The van der Waals surface area contributed by atoms with Crippen LogP contribution in [0.5, 0.6) is 0 Å². The molecule has 0 aromatic heterocycles. The molecule has 28 heavy (non-hydrogen) atoms. The second kappa shape index (κ2) is 11.9. The normalized spacial score (nSPS) is 29.1. The fourth-order valence-electron chi connectivity index (χ4n) is 4.98. The molecule has 2 amide bonds. The maximum atomic E-state index is 12.9. The van der Waals surface area contributed by atoms with Crippen molar-refractivity contribution in [3.8, 4) is 0 Å². The van der Waals surface area contributed by atoms with E-state index in [0.717, 1.165) is 25.7 Å². The third-order valence-electron chi connectivity index (χ3n) is 6.79. The molecule has 0 saturated carbocycles. The molecule has 0 radical (unpaired) electrons. The molecular weight excluding hydrogens is 350 g/mol. The number of nitrogens with two attached hydrogens (primary N) is 1. The number of carbonyl (C=O) groups is 2. The summed E-state index contributed by atoms with van der Waals surface area (Å²) in [4.78, 5) is 27.0. The van der Waals surface area contributed by atoms with Gasteiger partial charge in [-0.2, -0.15) is 0 Å². The minimum atomic E-state index is -0.0805. The number of unbranched alkanes of at least 4 members (excludes halogenated alkanes) is 9. The summed E-state index contributed by atoms with van der Waals surface area (Å²) in [6, 6.07) is 0.438. The molecule has 0 aromatic carbocycles. The van der Waals surface area contributed by atoms with Crippen LogP contribution in [0.15, 0.2) is 0 Å². The Labute approximate surface area is 172 Å². The van der Waals surface area contributed by atoms with Gasteiger partial charge in [-0.25, -0.2) is 5.01 Å². The molecule has 2 saturated heterocycles. The van der Waals surface area contributed by atoms with Crippen LogP contribution in [0.1, 0.15) is 111 Å². The summed E-state index contributed by atoms with van der Waals surface area (Å²) in [5, 5.41) is 1.86. The monoisotopic (exact) mass is 393 g/mol. The maximum Gasteiger partial charge on any atom is 0.233 e. The van der Waals surface area contributed by atoms with E-state index in [1.54, 1.807) is 4.90 Å². The number of hydrogen-bond donors (Lipinski definition) is 1. The van der Waals surface area contributed by atoms with Gasteiger partial charge < -0.3 is 0 Å². The van der Waals surface area contributed by atoms with E-state index >= 15 is 0 Å². The predicted molar refractivity (Wildman–Crippen MR) is 114 cm³/mol. The van der Waals surface area contributed by atoms with E-state index in [9.17, 15) is 9.59 Å². The Hall–Kier alpha value is -0.940. The summed E-state index contributed by atoms with van der Waals surface area (Å²) >= 11 is 0. The smallest absolute Gasteiger partial charge is 0.233 e. The maximum absolute atomic E-state index is 12.9. The number of likely N-dealkylation sites (tertiary alicyclic amines) is 1. The number of rotatable bonds is 12. The molecule has 5 nitrogen and oxygen atoms in total. The van der Waals surface area contributed by atoms with Crippen LogP contribution in [-0.4, -0.2) is 39.8 Å². The van der Waals surface area contributed by atoms with Crippen LogP contribution in [0.25, 0.3) is 0 Å². The first-order chi connectivity index (χ1) is 13.5. The molecular formula is C23H43N3O2. The molecule has 5 heteroatoms. The second-order valence-electron chi connectivity index (χ2n) is 9.24. The van der Waals surface area contributed by atoms with Crippen molar-refractivity contribution >= 4 is 11.8 Å². The Balaban J connectivity index is 1.64. The van der Waals surface area contributed by atoms with Crippen LogP contribution < -0.4 is 5.84 Å². The molecule has 2 aliphatic rings. The molecule has 3 atom stereocenters. The van der Waals surface area contributed by atoms with Crippen molar-refractivity contribution in [3.05, 3.63) is 0 Å².